The van der Waals surface area contributed by atoms with Crippen molar-refractivity contribution < 1.29 is 4.74 Å². The molecular weight excluding hydrogens is 238 g/mol. The van der Waals surface area contributed by atoms with Crippen molar-refractivity contribution in [2.45, 2.75) is 56.2 Å². The van der Waals surface area contributed by atoms with Gasteiger partial charge in [0.1, 0.15) is 0 Å². The number of hydrogen-bond acceptors (Lipinski definition) is 4. The predicted molar refractivity (Wildman–Crippen MR) is 79.3 cm³/mol. The fourth-order valence-electron chi connectivity index (χ4n) is 3.95. The molecule has 0 radical (unpaired) electrons. The molecule has 0 amide bonds. The maximum absolute atomic E-state index is 6.17. The topological polar surface area (TPSA) is 41.7 Å². The van der Waals surface area contributed by atoms with Gasteiger partial charge >= 0.3 is 0 Å². The summed E-state index contributed by atoms with van der Waals surface area (Å²) >= 11 is 0. The number of nitrogens with zero attached hydrogens (tertiary/aromatic N) is 2. The van der Waals surface area contributed by atoms with E-state index >= 15 is 0 Å². The zero-order chi connectivity index (χ0) is 13.9. The van der Waals surface area contributed by atoms with Crippen LogP contribution in [0.1, 0.15) is 38.5 Å². The molecule has 2 rings (SSSR count). The highest BCUT2D eigenvalue weighted by atomic mass is 16.5. The van der Waals surface area contributed by atoms with Crippen molar-refractivity contribution >= 4 is 0 Å². The van der Waals surface area contributed by atoms with Gasteiger partial charge in [0.15, 0.2) is 0 Å². The number of piperidine rings is 1. The second-order valence-corrected chi connectivity index (χ2v) is 6.56. The molecule has 19 heavy (non-hydrogen) atoms. The predicted octanol–water partition coefficient (Wildman–Crippen LogP) is 1.30. The van der Waals surface area contributed by atoms with Crippen molar-refractivity contribution in [1.29, 1.82) is 0 Å². The second-order valence-electron chi connectivity index (χ2n) is 6.56. The lowest BCUT2D eigenvalue weighted by Crippen LogP contribution is -2.60. The molecule has 1 aliphatic heterocycles. The van der Waals surface area contributed by atoms with E-state index in [-0.39, 0.29) is 5.54 Å². The van der Waals surface area contributed by atoms with Crippen molar-refractivity contribution in [2.24, 2.45) is 5.73 Å². The summed E-state index contributed by atoms with van der Waals surface area (Å²) in [6, 6.07) is 0.743. The molecule has 1 saturated carbocycles. The van der Waals surface area contributed by atoms with E-state index in [1.165, 1.54) is 45.2 Å². The molecule has 2 fully saturated rings. The van der Waals surface area contributed by atoms with E-state index < -0.39 is 0 Å². The van der Waals surface area contributed by atoms with Gasteiger partial charge in [0, 0.05) is 38.3 Å². The first-order valence-electron chi connectivity index (χ1n) is 7.75. The molecule has 1 saturated heterocycles. The minimum atomic E-state index is 0.205. The van der Waals surface area contributed by atoms with Crippen LogP contribution in [0.3, 0.4) is 0 Å². The van der Waals surface area contributed by atoms with E-state index in [4.69, 9.17) is 10.5 Å². The first kappa shape index (κ1) is 15.2. The summed E-state index contributed by atoms with van der Waals surface area (Å²) in [6.07, 6.45) is 7.76. The van der Waals surface area contributed by atoms with Gasteiger partial charge in [-0.2, -0.15) is 0 Å². The molecule has 0 spiro atoms. The summed E-state index contributed by atoms with van der Waals surface area (Å²) in [5.41, 5.74) is 6.38. The largest absolute Gasteiger partial charge is 0.381 e. The van der Waals surface area contributed by atoms with Crippen LogP contribution in [-0.4, -0.2) is 68.3 Å². The van der Waals surface area contributed by atoms with Crippen LogP contribution in [0, 0.1) is 0 Å². The molecule has 112 valence electrons. The Morgan fingerprint density at radius 1 is 1.26 bits per heavy atom. The normalized spacial score (nSPS) is 34.9. The van der Waals surface area contributed by atoms with E-state index in [9.17, 15) is 0 Å². The zero-order valence-electron chi connectivity index (χ0n) is 12.9. The molecule has 4 nitrogen and oxygen atoms in total. The van der Waals surface area contributed by atoms with E-state index in [2.05, 4.69) is 23.9 Å². The van der Waals surface area contributed by atoms with Crippen molar-refractivity contribution in [3.63, 3.8) is 0 Å². The fourth-order valence-corrected chi connectivity index (χ4v) is 3.95. The second kappa shape index (κ2) is 6.53. The van der Waals surface area contributed by atoms with Crippen LogP contribution in [-0.2, 0) is 4.74 Å². The molecule has 0 aromatic rings. The zero-order valence-corrected chi connectivity index (χ0v) is 12.9. The van der Waals surface area contributed by atoms with Crippen molar-refractivity contribution in [2.75, 3.05) is 40.8 Å². The van der Waals surface area contributed by atoms with Gasteiger partial charge in [-0.3, -0.25) is 4.90 Å². The van der Waals surface area contributed by atoms with Gasteiger partial charge in [-0.05, 0) is 52.6 Å². The third-order valence-corrected chi connectivity index (χ3v) is 5.35. The first-order valence-corrected chi connectivity index (χ1v) is 7.75. The minimum Gasteiger partial charge on any atom is -0.381 e. The van der Waals surface area contributed by atoms with Crippen molar-refractivity contribution in [3.8, 4) is 0 Å². The third kappa shape index (κ3) is 3.30. The smallest absolute Gasteiger partial charge is 0.0589 e. The Morgan fingerprint density at radius 3 is 2.47 bits per heavy atom. The lowest BCUT2D eigenvalue weighted by Gasteiger charge is -2.50. The van der Waals surface area contributed by atoms with Crippen LogP contribution in [0.5, 0.6) is 0 Å². The Hall–Kier alpha value is -0.160. The molecule has 2 unspecified atom stereocenters. The van der Waals surface area contributed by atoms with Gasteiger partial charge in [-0.1, -0.05) is 0 Å². The Balaban J connectivity index is 1.98. The van der Waals surface area contributed by atoms with Crippen LogP contribution in [0.15, 0.2) is 0 Å². The third-order valence-electron chi connectivity index (χ3n) is 5.35. The quantitative estimate of drug-likeness (QED) is 0.835. The summed E-state index contributed by atoms with van der Waals surface area (Å²) in [5.74, 6) is 0. The molecule has 4 heteroatoms. The van der Waals surface area contributed by atoms with Crippen LogP contribution in [0.4, 0.5) is 0 Å². The number of methoxy groups -OCH3 is 1. The van der Waals surface area contributed by atoms with Crippen LogP contribution >= 0.6 is 0 Å². The van der Waals surface area contributed by atoms with Crippen molar-refractivity contribution in [3.05, 3.63) is 0 Å². The number of likely N-dealkylation sites (tertiary alicyclic amines) is 1. The molecule has 2 atom stereocenters. The van der Waals surface area contributed by atoms with E-state index in [1.807, 2.05) is 7.11 Å². The van der Waals surface area contributed by atoms with E-state index in [0.29, 0.717) is 6.10 Å². The molecule has 0 aromatic heterocycles. The number of rotatable bonds is 4. The summed E-state index contributed by atoms with van der Waals surface area (Å²) < 4.78 is 5.61. The Labute approximate surface area is 118 Å². The summed E-state index contributed by atoms with van der Waals surface area (Å²) in [7, 11) is 6.23. The fraction of sp³-hybridized carbons (Fsp3) is 1.00. The van der Waals surface area contributed by atoms with Gasteiger partial charge < -0.3 is 15.4 Å². The Morgan fingerprint density at radius 2 is 1.95 bits per heavy atom. The molecule has 2 N–H and O–H groups in total. The van der Waals surface area contributed by atoms with Gasteiger partial charge in [0.25, 0.3) is 0 Å². The molecule has 0 aromatic carbocycles. The van der Waals surface area contributed by atoms with Gasteiger partial charge in [-0.15, -0.1) is 0 Å². The average Bonchev–Trinajstić information content (AvgIpc) is 2.47. The summed E-state index contributed by atoms with van der Waals surface area (Å²) in [6.45, 7) is 3.16. The lowest BCUT2D eigenvalue weighted by molar-refractivity contribution is -0.0363. The minimum absolute atomic E-state index is 0.205. The maximum Gasteiger partial charge on any atom is 0.0589 e. The monoisotopic (exact) mass is 269 g/mol. The molecule has 1 heterocycles. The molecular formula is C15H31N3O. The van der Waals surface area contributed by atoms with E-state index in [1.54, 1.807) is 0 Å². The average molecular weight is 269 g/mol. The van der Waals surface area contributed by atoms with E-state index in [0.717, 1.165) is 19.0 Å². The standard InChI is InChI=1S/C15H31N3O/c1-17(2)13-6-9-18(10-7-13)15(12-16)8-4-5-14(11-15)19-3/h13-14H,4-12,16H2,1-3H3. The van der Waals surface area contributed by atoms with Crippen LogP contribution in [0.25, 0.3) is 0 Å². The van der Waals surface area contributed by atoms with Crippen molar-refractivity contribution in [1.82, 2.24) is 9.80 Å². The van der Waals surface area contributed by atoms with Gasteiger partial charge in [0.05, 0.1) is 6.10 Å². The lowest BCUT2D eigenvalue weighted by atomic mass is 9.77. The molecule has 2 aliphatic rings. The summed E-state index contributed by atoms with van der Waals surface area (Å²) in [4.78, 5) is 5.03. The van der Waals surface area contributed by atoms with Gasteiger partial charge in [-0.25, -0.2) is 0 Å². The van der Waals surface area contributed by atoms with Gasteiger partial charge in [0.2, 0.25) is 0 Å². The highest BCUT2D eigenvalue weighted by Gasteiger charge is 2.41. The Bertz CT molecular complexity index is 277. The van der Waals surface area contributed by atoms with Crippen LogP contribution in [0.2, 0.25) is 0 Å². The maximum atomic E-state index is 6.17. The summed E-state index contributed by atoms with van der Waals surface area (Å²) in [5, 5.41) is 0. The first-order chi connectivity index (χ1) is 9.11. The molecule has 1 aliphatic carbocycles. The molecule has 0 bridgehead atoms. The highest BCUT2D eigenvalue weighted by Crippen LogP contribution is 2.36. The highest BCUT2D eigenvalue weighted by molar-refractivity contribution is 4.99. The number of ether oxygens (including phenoxy) is 1. The Kier molecular flexibility index (Phi) is 5.23. The number of hydrogen-bond donors (Lipinski definition) is 1. The van der Waals surface area contributed by atoms with Crippen LogP contribution < -0.4 is 5.73 Å². The number of nitrogens with two attached hydrogens (primary N) is 1. The SMILES string of the molecule is COC1CCCC(CN)(N2CCC(N(C)C)CC2)C1.